The van der Waals surface area contributed by atoms with Crippen molar-refractivity contribution in [2.24, 2.45) is 0 Å². The van der Waals surface area contributed by atoms with Gasteiger partial charge in [0.1, 0.15) is 5.82 Å². The van der Waals surface area contributed by atoms with Gasteiger partial charge < -0.3 is 4.90 Å². The van der Waals surface area contributed by atoms with Crippen molar-refractivity contribution in [3.05, 3.63) is 40.0 Å². The smallest absolute Gasteiger partial charge is 0.159 e. The zero-order valence-corrected chi connectivity index (χ0v) is 11.5. The fourth-order valence-electron chi connectivity index (χ4n) is 1.62. The highest BCUT2D eigenvalue weighted by atomic mass is 32.1. The number of Topliss-reactive ketones (excluding diaryl/α,β-unsaturated/α-hetero) is 1. The molecule has 0 aromatic carbocycles. The summed E-state index contributed by atoms with van der Waals surface area (Å²) in [5.74, 6) is 0.858. The number of hydrogen-bond acceptors (Lipinski definition) is 5. The SMILES string of the molecule is CC(=O)c1ccnc(N(C)Cc2scnc2C)c1. The van der Waals surface area contributed by atoms with Gasteiger partial charge in [-0.05, 0) is 26.0 Å². The molecule has 0 spiro atoms. The Morgan fingerprint density at radius 3 is 2.83 bits per heavy atom. The molecule has 0 aliphatic heterocycles. The predicted molar refractivity (Wildman–Crippen MR) is 73.2 cm³/mol. The van der Waals surface area contributed by atoms with Crippen LogP contribution in [0.2, 0.25) is 0 Å². The van der Waals surface area contributed by atoms with Crippen LogP contribution in [0.1, 0.15) is 27.9 Å². The minimum atomic E-state index is 0.0565. The maximum Gasteiger partial charge on any atom is 0.159 e. The summed E-state index contributed by atoms with van der Waals surface area (Å²) in [6.45, 7) is 4.32. The number of hydrogen-bond donors (Lipinski definition) is 0. The van der Waals surface area contributed by atoms with Crippen LogP contribution in [0, 0.1) is 6.92 Å². The maximum atomic E-state index is 11.3. The van der Waals surface area contributed by atoms with Crippen LogP contribution >= 0.6 is 11.3 Å². The van der Waals surface area contributed by atoms with Crippen LogP contribution in [0.15, 0.2) is 23.8 Å². The third-order valence-corrected chi connectivity index (χ3v) is 3.69. The molecule has 0 unspecified atom stereocenters. The largest absolute Gasteiger partial charge is 0.354 e. The molecule has 0 radical (unpaired) electrons. The zero-order chi connectivity index (χ0) is 13.1. The van der Waals surface area contributed by atoms with E-state index in [1.165, 1.54) is 4.88 Å². The molecule has 4 nitrogen and oxygen atoms in total. The molecule has 2 aromatic heterocycles. The lowest BCUT2D eigenvalue weighted by molar-refractivity contribution is 0.101. The molecule has 0 bridgehead atoms. The Labute approximate surface area is 110 Å². The van der Waals surface area contributed by atoms with E-state index < -0.39 is 0 Å². The van der Waals surface area contributed by atoms with Crippen LogP contribution in [-0.2, 0) is 6.54 Å². The van der Waals surface area contributed by atoms with Gasteiger partial charge in [-0.15, -0.1) is 11.3 Å². The number of nitrogens with zero attached hydrogens (tertiary/aromatic N) is 3. The van der Waals surface area contributed by atoms with E-state index >= 15 is 0 Å². The van der Waals surface area contributed by atoms with E-state index in [1.54, 1.807) is 30.5 Å². The summed E-state index contributed by atoms with van der Waals surface area (Å²) >= 11 is 1.64. The molecule has 0 saturated heterocycles. The van der Waals surface area contributed by atoms with E-state index in [1.807, 2.05) is 30.4 Å². The number of aryl methyl sites for hydroxylation is 1. The molecule has 0 fully saturated rings. The van der Waals surface area contributed by atoms with E-state index in [-0.39, 0.29) is 5.78 Å². The van der Waals surface area contributed by atoms with Crippen LogP contribution < -0.4 is 4.90 Å². The van der Waals surface area contributed by atoms with Gasteiger partial charge in [0.15, 0.2) is 5.78 Å². The van der Waals surface area contributed by atoms with Crippen molar-refractivity contribution in [1.82, 2.24) is 9.97 Å². The highest BCUT2D eigenvalue weighted by Crippen LogP contribution is 2.18. The monoisotopic (exact) mass is 261 g/mol. The van der Waals surface area contributed by atoms with Gasteiger partial charge in [-0.2, -0.15) is 0 Å². The van der Waals surface area contributed by atoms with Crippen molar-refractivity contribution in [1.29, 1.82) is 0 Å². The average Bonchev–Trinajstić information content (AvgIpc) is 2.75. The summed E-state index contributed by atoms with van der Waals surface area (Å²) in [5, 5.41) is 0. The molecule has 0 aliphatic rings. The molecule has 2 aromatic rings. The summed E-state index contributed by atoms with van der Waals surface area (Å²) in [7, 11) is 1.96. The highest BCUT2D eigenvalue weighted by Gasteiger charge is 2.09. The van der Waals surface area contributed by atoms with Crippen molar-refractivity contribution in [2.75, 3.05) is 11.9 Å². The summed E-state index contributed by atoms with van der Waals surface area (Å²) in [6, 6.07) is 3.55. The molecule has 94 valence electrons. The van der Waals surface area contributed by atoms with Gasteiger partial charge in [0.25, 0.3) is 0 Å². The molecule has 18 heavy (non-hydrogen) atoms. The maximum absolute atomic E-state index is 11.3. The third-order valence-electron chi connectivity index (χ3n) is 2.77. The van der Waals surface area contributed by atoms with Crippen molar-refractivity contribution in [3.63, 3.8) is 0 Å². The van der Waals surface area contributed by atoms with Gasteiger partial charge >= 0.3 is 0 Å². The lowest BCUT2D eigenvalue weighted by atomic mass is 10.2. The van der Waals surface area contributed by atoms with Crippen molar-refractivity contribution in [2.45, 2.75) is 20.4 Å². The van der Waals surface area contributed by atoms with E-state index in [0.29, 0.717) is 5.56 Å². The number of aromatic nitrogens is 2. The number of anilines is 1. The van der Waals surface area contributed by atoms with Crippen LogP contribution in [0.3, 0.4) is 0 Å². The van der Waals surface area contributed by atoms with Crippen LogP contribution in [-0.4, -0.2) is 22.8 Å². The topological polar surface area (TPSA) is 46.1 Å². The van der Waals surface area contributed by atoms with E-state index in [0.717, 1.165) is 18.1 Å². The standard InChI is InChI=1S/C13H15N3OS/c1-9-12(18-8-15-9)7-16(3)13-6-11(10(2)17)4-5-14-13/h4-6,8H,7H2,1-3H3. The molecule has 0 aliphatic carbocycles. The minimum Gasteiger partial charge on any atom is -0.354 e. The number of thiazole rings is 1. The van der Waals surface area contributed by atoms with Gasteiger partial charge in [-0.25, -0.2) is 9.97 Å². The second-order valence-corrected chi connectivity index (χ2v) is 5.12. The van der Waals surface area contributed by atoms with Gasteiger partial charge in [0.2, 0.25) is 0 Å². The van der Waals surface area contributed by atoms with Crippen molar-refractivity contribution >= 4 is 22.9 Å². The minimum absolute atomic E-state index is 0.0565. The van der Waals surface area contributed by atoms with E-state index in [2.05, 4.69) is 9.97 Å². The molecule has 2 heterocycles. The van der Waals surface area contributed by atoms with Crippen LogP contribution in [0.5, 0.6) is 0 Å². The normalized spacial score (nSPS) is 10.4. The number of rotatable bonds is 4. The Morgan fingerprint density at radius 2 is 2.22 bits per heavy atom. The van der Waals surface area contributed by atoms with Crippen LogP contribution in [0.4, 0.5) is 5.82 Å². The first-order valence-electron chi connectivity index (χ1n) is 5.65. The molecule has 2 rings (SSSR count). The summed E-state index contributed by atoms with van der Waals surface area (Å²) in [5.41, 5.74) is 3.58. The van der Waals surface area contributed by atoms with Gasteiger partial charge in [-0.1, -0.05) is 0 Å². The molecule has 0 atom stereocenters. The Hall–Kier alpha value is -1.75. The molecular weight excluding hydrogens is 246 g/mol. The Morgan fingerprint density at radius 1 is 1.44 bits per heavy atom. The summed E-state index contributed by atoms with van der Waals surface area (Å²) in [4.78, 5) is 23.1. The van der Waals surface area contributed by atoms with Gasteiger partial charge in [0.05, 0.1) is 17.7 Å². The first-order chi connectivity index (χ1) is 8.58. The second kappa shape index (κ2) is 5.27. The fourth-order valence-corrected chi connectivity index (χ4v) is 2.45. The molecular formula is C13H15N3OS. The number of carbonyl (C=O) groups is 1. The Balaban J connectivity index is 2.18. The number of ketones is 1. The fraction of sp³-hybridized carbons (Fsp3) is 0.308. The summed E-state index contributed by atoms with van der Waals surface area (Å²) in [6.07, 6.45) is 1.67. The van der Waals surface area contributed by atoms with Crippen molar-refractivity contribution < 1.29 is 4.79 Å². The van der Waals surface area contributed by atoms with Crippen molar-refractivity contribution in [3.8, 4) is 0 Å². The zero-order valence-electron chi connectivity index (χ0n) is 10.7. The lowest BCUT2D eigenvalue weighted by Gasteiger charge is -2.17. The van der Waals surface area contributed by atoms with Crippen LogP contribution in [0.25, 0.3) is 0 Å². The molecule has 0 saturated carbocycles. The number of carbonyl (C=O) groups excluding carboxylic acids is 1. The predicted octanol–water partition coefficient (Wildman–Crippen LogP) is 2.69. The average molecular weight is 261 g/mol. The van der Waals surface area contributed by atoms with Gasteiger partial charge in [0, 0.05) is 23.7 Å². The van der Waals surface area contributed by atoms with E-state index in [4.69, 9.17) is 0 Å². The second-order valence-electron chi connectivity index (χ2n) is 4.18. The number of pyridine rings is 1. The molecule has 5 heteroatoms. The Bertz CT molecular complexity index is 565. The van der Waals surface area contributed by atoms with E-state index in [9.17, 15) is 4.79 Å². The van der Waals surface area contributed by atoms with Gasteiger partial charge in [-0.3, -0.25) is 4.79 Å². The lowest BCUT2D eigenvalue weighted by Crippen LogP contribution is -2.17. The highest BCUT2D eigenvalue weighted by molar-refractivity contribution is 7.09. The first-order valence-corrected chi connectivity index (χ1v) is 6.53. The molecule has 0 amide bonds. The molecule has 0 N–H and O–H groups in total. The Kier molecular flexibility index (Phi) is 3.72. The quantitative estimate of drug-likeness (QED) is 0.794. The summed E-state index contributed by atoms with van der Waals surface area (Å²) < 4.78 is 0. The first kappa shape index (κ1) is 12.7. The third kappa shape index (κ3) is 2.73.